The normalized spacial score (nSPS) is 20.3. The standard InChI is InChI=1S/C17H28N4/c1-12(2)17-19-11-16(21-8-6-13(3)7-9-21)15(20-17)10-18-14-4-5-14/h11-14,18H,4-10H2,1-3H3. The van der Waals surface area contributed by atoms with Gasteiger partial charge in [-0.1, -0.05) is 20.8 Å². The highest BCUT2D eigenvalue weighted by molar-refractivity contribution is 5.49. The highest BCUT2D eigenvalue weighted by Crippen LogP contribution is 2.27. The SMILES string of the molecule is CC1CCN(c2cnc(C(C)C)nc2CNC2CC2)CC1. The van der Waals surface area contributed by atoms with Gasteiger partial charge in [-0.25, -0.2) is 9.97 Å². The molecule has 1 aliphatic carbocycles. The molecule has 0 radical (unpaired) electrons. The molecule has 0 spiro atoms. The summed E-state index contributed by atoms with van der Waals surface area (Å²) in [5.74, 6) is 2.21. The van der Waals surface area contributed by atoms with Gasteiger partial charge in [-0.2, -0.15) is 0 Å². The fourth-order valence-corrected chi connectivity index (χ4v) is 2.88. The van der Waals surface area contributed by atoms with Crippen LogP contribution >= 0.6 is 0 Å². The lowest BCUT2D eigenvalue weighted by Crippen LogP contribution is -2.34. The summed E-state index contributed by atoms with van der Waals surface area (Å²) in [6.45, 7) is 9.84. The predicted octanol–water partition coefficient (Wildman–Crippen LogP) is 3.09. The van der Waals surface area contributed by atoms with E-state index in [2.05, 4.69) is 42.2 Å². The minimum absolute atomic E-state index is 0.389. The summed E-state index contributed by atoms with van der Waals surface area (Å²) in [6.07, 6.45) is 7.25. The Bertz CT molecular complexity index is 474. The van der Waals surface area contributed by atoms with E-state index in [9.17, 15) is 0 Å². The average molecular weight is 288 g/mol. The van der Waals surface area contributed by atoms with Crippen molar-refractivity contribution >= 4 is 5.69 Å². The number of rotatable bonds is 5. The highest BCUT2D eigenvalue weighted by Gasteiger charge is 2.23. The largest absolute Gasteiger partial charge is 0.369 e. The first-order chi connectivity index (χ1) is 10.1. The molecule has 2 fully saturated rings. The van der Waals surface area contributed by atoms with Crippen molar-refractivity contribution in [2.24, 2.45) is 5.92 Å². The molecule has 1 saturated heterocycles. The smallest absolute Gasteiger partial charge is 0.131 e. The quantitative estimate of drug-likeness (QED) is 0.904. The van der Waals surface area contributed by atoms with Crippen LogP contribution in [0.1, 0.15) is 63.9 Å². The Balaban J connectivity index is 1.79. The second-order valence-electron chi connectivity index (χ2n) is 7.04. The van der Waals surface area contributed by atoms with E-state index in [-0.39, 0.29) is 0 Å². The molecule has 0 unspecified atom stereocenters. The van der Waals surface area contributed by atoms with E-state index in [1.165, 1.54) is 37.1 Å². The molecule has 3 rings (SSSR count). The minimum Gasteiger partial charge on any atom is -0.369 e. The molecule has 2 aliphatic rings. The zero-order valence-electron chi connectivity index (χ0n) is 13.6. The first-order valence-electron chi connectivity index (χ1n) is 8.47. The van der Waals surface area contributed by atoms with Crippen LogP contribution in [0.4, 0.5) is 5.69 Å². The van der Waals surface area contributed by atoms with Gasteiger partial charge in [0.2, 0.25) is 0 Å². The maximum atomic E-state index is 4.85. The summed E-state index contributed by atoms with van der Waals surface area (Å²) in [5, 5.41) is 3.61. The average Bonchev–Trinajstić information content (AvgIpc) is 3.30. The van der Waals surface area contributed by atoms with Gasteiger partial charge >= 0.3 is 0 Å². The molecule has 4 nitrogen and oxygen atoms in total. The van der Waals surface area contributed by atoms with Crippen LogP contribution in [0.5, 0.6) is 0 Å². The van der Waals surface area contributed by atoms with Gasteiger partial charge in [-0.3, -0.25) is 0 Å². The van der Waals surface area contributed by atoms with Crippen LogP contribution in [0.3, 0.4) is 0 Å². The summed E-state index contributed by atoms with van der Waals surface area (Å²) in [4.78, 5) is 11.9. The molecule has 1 aliphatic heterocycles. The summed E-state index contributed by atoms with van der Waals surface area (Å²) in [6, 6.07) is 0.719. The van der Waals surface area contributed by atoms with Crippen molar-refractivity contribution in [1.82, 2.24) is 15.3 Å². The van der Waals surface area contributed by atoms with E-state index < -0.39 is 0 Å². The predicted molar refractivity (Wildman–Crippen MR) is 86.6 cm³/mol. The Hall–Kier alpha value is -1.16. The van der Waals surface area contributed by atoms with Crippen molar-refractivity contribution in [3.63, 3.8) is 0 Å². The van der Waals surface area contributed by atoms with Crippen LogP contribution in [0.2, 0.25) is 0 Å². The molecule has 0 atom stereocenters. The van der Waals surface area contributed by atoms with E-state index in [4.69, 9.17) is 4.98 Å². The molecule has 0 amide bonds. The van der Waals surface area contributed by atoms with Gasteiger partial charge in [0.25, 0.3) is 0 Å². The van der Waals surface area contributed by atoms with Gasteiger partial charge in [0.05, 0.1) is 17.6 Å². The number of anilines is 1. The Morgan fingerprint density at radius 3 is 2.57 bits per heavy atom. The minimum atomic E-state index is 0.389. The van der Waals surface area contributed by atoms with Gasteiger partial charge in [-0.05, 0) is 31.6 Å². The number of nitrogens with zero attached hydrogens (tertiary/aromatic N) is 3. The van der Waals surface area contributed by atoms with Crippen LogP contribution in [0.15, 0.2) is 6.20 Å². The number of aromatic nitrogens is 2. The molecule has 0 aromatic carbocycles. The van der Waals surface area contributed by atoms with E-state index in [0.717, 1.165) is 37.4 Å². The fourth-order valence-electron chi connectivity index (χ4n) is 2.88. The number of hydrogen-bond donors (Lipinski definition) is 1. The molecule has 1 N–H and O–H groups in total. The third kappa shape index (κ3) is 3.73. The lowest BCUT2D eigenvalue weighted by Gasteiger charge is -2.33. The van der Waals surface area contributed by atoms with Crippen molar-refractivity contribution in [3.05, 3.63) is 17.7 Å². The highest BCUT2D eigenvalue weighted by atomic mass is 15.2. The summed E-state index contributed by atoms with van der Waals surface area (Å²) >= 11 is 0. The molecule has 4 heteroatoms. The Morgan fingerprint density at radius 2 is 1.95 bits per heavy atom. The number of piperidine rings is 1. The van der Waals surface area contributed by atoms with Crippen molar-refractivity contribution in [1.29, 1.82) is 0 Å². The second kappa shape index (κ2) is 6.30. The zero-order chi connectivity index (χ0) is 14.8. The monoisotopic (exact) mass is 288 g/mol. The summed E-state index contributed by atoms with van der Waals surface area (Å²) in [7, 11) is 0. The maximum absolute atomic E-state index is 4.85. The van der Waals surface area contributed by atoms with Crippen molar-refractivity contribution in [2.75, 3.05) is 18.0 Å². The molecule has 21 heavy (non-hydrogen) atoms. The van der Waals surface area contributed by atoms with E-state index >= 15 is 0 Å². The Labute approximate surface area is 128 Å². The van der Waals surface area contributed by atoms with E-state index in [0.29, 0.717) is 5.92 Å². The maximum Gasteiger partial charge on any atom is 0.131 e. The van der Waals surface area contributed by atoms with Gasteiger partial charge in [0.15, 0.2) is 0 Å². The fraction of sp³-hybridized carbons (Fsp3) is 0.765. The lowest BCUT2D eigenvalue weighted by atomic mass is 9.99. The van der Waals surface area contributed by atoms with Crippen LogP contribution < -0.4 is 10.2 Å². The van der Waals surface area contributed by atoms with E-state index in [1.54, 1.807) is 0 Å². The topological polar surface area (TPSA) is 41.1 Å². The third-order valence-corrected chi connectivity index (χ3v) is 4.64. The molecule has 116 valence electrons. The first kappa shape index (κ1) is 14.8. The van der Waals surface area contributed by atoms with Gasteiger partial charge in [0, 0.05) is 31.6 Å². The van der Waals surface area contributed by atoms with Crippen molar-refractivity contribution in [2.45, 2.75) is 65.0 Å². The van der Waals surface area contributed by atoms with Crippen molar-refractivity contribution < 1.29 is 0 Å². The molecule has 0 bridgehead atoms. The Kier molecular flexibility index (Phi) is 4.43. The molecule has 1 saturated carbocycles. The molecule has 1 aromatic rings. The van der Waals surface area contributed by atoms with Gasteiger partial charge in [-0.15, -0.1) is 0 Å². The summed E-state index contributed by atoms with van der Waals surface area (Å²) < 4.78 is 0. The van der Waals surface area contributed by atoms with Crippen molar-refractivity contribution in [3.8, 4) is 0 Å². The van der Waals surface area contributed by atoms with Gasteiger partial charge in [0.1, 0.15) is 5.82 Å². The molecule has 1 aromatic heterocycles. The molecule has 2 heterocycles. The van der Waals surface area contributed by atoms with Crippen LogP contribution in [0, 0.1) is 5.92 Å². The number of hydrogen-bond acceptors (Lipinski definition) is 4. The first-order valence-corrected chi connectivity index (χ1v) is 8.47. The Morgan fingerprint density at radius 1 is 1.24 bits per heavy atom. The molecular formula is C17H28N4. The lowest BCUT2D eigenvalue weighted by molar-refractivity contribution is 0.436. The summed E-state index contributed by atoms with van der Waals surface area (Å²) in [5.41, 5.74) is 2.44. The van der Waals surface area contributed by atoms with E-state index in [1.807, 2.05) is 0 Å². The van der Waals surface area contributed by atoms with Gasteiger partial charge < -0.3 is 10.2 Å². The van der Waals surface area contributed by atoms with Crippen LogP contribution in [0.25, 0.3) is 0 Å². The number of nitrogens with one attached hydrogen (secondary N) is 1. The van der Waals surface area contributed by atoms with Crippen LogP contribution in [-0.2, 0) is 6.54 Å². The molecular weight excluding hydrogens is 260 g/mol. The third-order valence-electron chi connectivity index (χ3n) is 4.64. The second-order valence-corrected chi connectivity index (χ2v) is 7.04. The zero-order valence-corrected chi connectivity index (χ0v) is 13.6. The van der Waals surface area contributed by atoms with Crippen LogP contribution in [-0.4, -0.2) is 29.1 Å².